The van der Waals surface area contributed by atoms with Gasteiger partial charge in [0.05, 0.1) is 17.9 Å². The predicted octanol–water partition coefficient (Wildman–Crippen LogP) is 3.86. The molecule has 1 saturated carbocycles. The van der Waals surface area contributed by atoms with Gasteiger partial charge in [-0.2, -0.15) is 0 Å². The molecule has 3 N–H and O–H groups in total. The van der Waals surface area contributed by atoms with Gasteiger partial charge < -0.3 is 11.1 Å². The van der Waals surface area contributed by atoms with Crippen LogP contribution in [0.25, 0.3) is 0 Å². The van der Waals surface area contributed by atoms with Gasteiger partial charge in [0.15, 0.2) is 5.17 Å². The number of nitrogens with zero attached hydrogens (tertiary/aromatic N) is 3. The van der Waals surface area contributed by atoms with Crippen LogP contribution in [0.3, 0.4) is 0 Å². The van der Waals surface area contributed by atoms with E-state index >= 15 is 0 Å². The SMILES string of the molecule is NC1=NC2(c3cc(NC(=O)c4cnc(C(F)F)cn4)ccc3F)CCCC2CS1. The first kappa shape index (κ1) is 19.7. The number of thioether (sulfide) groups is 1. The summed E-state index contributed by atoms with van der Waals surface area (Å²) in [6, 6.07) is 4.29. The zero-order chi connectivity index (χ0) is 20.6. The van der Waals surface area contributed by atoms with Crippen LogP contribution in [-0.4, -0.2) is 26.8 Å². The first-order valence-corrected chi connectivity index (χ1v) is 10.1. The number of carbonyl (C=O) groups excluding carboxylic acids is 1. The Hall–Kier alpha value is -2.62. The van der Waals surface area contributed by atoms with Crippen LogP contribution in [0.4, 0.5) is 18.9 Å². The van der Waals surface area contributed by atoms with Crippen molar-refractivity contribution in [2.24, 2.45) is 16.6 Å². The van der Waals surface area contributed by atoms with E-state index < -0.39 is 29.4 Å². The summed E-state index contributed by atoms with van der Waals surface area (Å²) in [5, 5.41) is 3.06. The number of aromatic nitrogens is 2. The van der Waals surface area contributed by atoms with E-state index in [4.69, 9.17) is 5.73 Å². The highest BCUT2D eigenvalue weighted by atomic mass is 32.2. The Morgan fingerprint density at radius 3 is 2.86 bits per heavy atom. The number of anilines is 1. The van der Waals surface area contributed by atoms with Gasteiger partial charge in [-0.25, -0.2) is 18.2 Å². The Morgan fingerprint density at radius 1 is 1.31 bits per heavy atom. The average Bonchev–Trinajstić information content (AvgIpc) is 3.13. The number of halogens is 3. The molecule has 2 aliphatic rings. The second-order valence-corrected chi connectivity index (χ2v) is 8.09. The first-order valence-electron chi connectivity index (χ1n) is 9.08. The first-order chi connectivity index (χ1) is 13.9. The molecular formula is C19H18F3N5OS. The second-order valence-electron chi connectivity index (χ2n) is 7.05. The highest BCUT2D eigenvalue weighted by Gasteiger charge is 2.48. The maximum atomic E-state index is 14.8. The van der Waals surface area contributed by atoms with Crippen molar-refractivity contribution < 1.29 is 18.0 Å². The van der Waals surface area contributed by atoms with Gasteiger partial charge in [0.1, 0.15) is 17.2 Å². The van der Waals surface area contributed by atoms with Crippen LogP contribution in [0.1, 0.15) is 47.4 Å². The van der Waals surface area contributed by atoms with Crippen molar-refractivity contribution in [1.29, 1.82) is 0 Å². The lowest BCUT2D eigenvalue weighted by Crippen LogP contribution is -2.37. The van der Waals surface area contributed by atoms with Gasteiger partial charge in [-0.15, -0.1) is 0 Å². The predicted molar refractivity (Wildman–Crippen MR) is 104 cm³/mol. The summed E-state index contributed by atoms with van der Waals surface area (Å²) in [5.41, 5.74) is 5.35. The molecule has 0 bridgehead atoms. The molecule has 2 atom stereocenters. The molecular weight excluding hydrogens is 403 g/mol. The molecule has 1 aliphatic heterocycles. The molecule has 1 aromatic heterocycles. The van der Waals surface area contributed by atoms with E-state index in [2.05, 4.69) is 20.3 Å². The van der Waals surface area contributed by atoms with Crippen LogP contribution in [0.15, 0.2) is 35.6 Å². The highest BCUT2D eigenvalue weighted by molar-refractivity contribution is 8.13. The third-order valence-electron chi connectivity index (χ3n) is 5.35. The summed E-state index contributed by atoms with van der Waals surface area (Å²) < 4.78 is 39.9. The summed E-state index contributed by atoms with van der Waals surface area (Å²) >= 11 is 1.48. The van der Waals surface area contributed by atoms with Crippen molar-refractivity contribution in [2.45, 2.75) is 31.2 Å². The number of amides is 1. The van der Waals surface area contributed by atoms with Gasteiger partial charge in [-0.1, -0.05) is 18.2 Å². The molecule has 2 heterocycles. The zero-order valence-corrected chi connectivity index (χ0v) is 16.1. The number of fused-ring (bicyclic) bond motifs is 1. The number of alkyl halides is 2. The van der Waals surface area contributed by atoms with Gasteiger partial charge in [0, 0.05) is 17.0 Å². The number of benzene rings is 1. The lowest BCUT2D eigenvalue weighted by Gasteiger charge is -2.36. The van der Waals surface area contributed by atoms with Crippen LogP contribution in [0, 0.1) is 11.7 Å². The van der Waals surface area contributed by atoms with E-state index in [0.717, 1.165) is 31.0 Å². The van der Waals surface area contributed by atoms with Crippen molar-refractivity contribution in [3.63, 3.8) is 0 Å². The number of aliphatic imine (C=N–C) groups is 1. The Balaban J connectivity index is 1.62. The van der Waals surface area contributed by atoms with Crippen LogP contribution in [0.5, 0.6) is 0 Å². The van der Waals surface area contributed by atoms with Gasteiger partial charge in [0.25, 0.3) is 12.3 Å². The fourth-order valence-electron chi connectivity index (χ4n) is 3.96. The number of nitrogens with two attached hydrogens (primary N) is 1. The van der Waals surface area contributed by atoms with Gasteiger partial charge in [-0.05, 0) is 37.0 Å². The number of nitrogens with one attached hydrogen (secondary N) is 1. The fraction of sp³-hybridized carbons (Fsp3) is 0.368. The summed E-state index contributed by atoms with van der Waals surface area (Å²) in [4.78, 5) is 24.3. The maximum absolute atomic E-state index is 14.8. The second kappa shape index (κ2) is 7.66. The van der Waals surface area contributed by atoms with E-state index in [1.54, 1.807) is 6.07 Å². The largest absolute Gasteiger partial charge is 0.379 e. The quantitative estimate of drug-likeness (QED) is 0.782. The lowest BCUT2D eigenvalue weighted by atomic mass is 9.81. The number of amidine groups is 1. The Bertz CT molecular complexity index is 969. The molecule has 4 rings (SSSR count). The highest BCUT2D eigenvalue weighted by Crippen LogP contribution is 2.51. The van der Waals surface area contributed by atoms with Crippen molar-refractivity contribution >= 4 is 28.5 Å². The molecule has 1 amide bonds. The molecule has 1 aromatic carbocycles. The van der Waals surface area contributed by atoms with Gasteiger partial charge in [-0.3, -0.25) is 14.8 Å². The molecule has 10 heteroatoms. The zero-order valence-electron chi connectivity index (χ0n) is 15.2. The Kier molecular flexibility index (Phi) is 5.20. The molecule has 6 nitrogen and oxygen atoms in total. The molecule has 1 aliphatic carbocycles. The number of hydrogen-bond donors (Lipinski definition) is 2. The van der Waals surface area contributed by atoms with E-state index in [1.807, 2.05) is 0 Å². The van der Waals surface area contributed by atoms with E-state index in [9.17, 15) is 18.0 Å². The lowest BCUT2D eigenvalue weighted by molar-refractivity contribution is 0.102. The summed E-state index contributed by atoms with van der Waals surface area (Å²) in [5.74, 6) is -0.0803. The maximum Gasteiger partial charge on any atom is 0.281 e. The van der Waals surface area contributed by atoms with Crippen molar-refractivity contribution in [3.8, 4) is 0 Å². The molecule has 0 spiro atoms. The smallest absolute Gasteiger partial charge is 0.281 e. The average molecular weight is 421 g/mol. The molecule has 152 valence electrons. The molecule has 0 saturated heterocycles. The number of hydrogen-bond acceptors (Lipinski definition) is 6. The van der Waals surface area contributed by atoms with Crippen molar-refractivity contribution in [1.82, 2.24) is 9.97 Å². The van der Waals surface area contributed by atoms with E-state index in [1.165, 1.54) is 23.9 Å². The van der Waals surface area contributed by atoms with Crippen LogP contribution >= 0.6 is 11.8 Å². The minimum Gasteiger partial charge on any atom is -0.379 e. The van der Waals surface area contributed by atoms with E-state index in [-0.39, 0.29) is 11.6 Å². The normalized spacial score (nSPS) is 23.6. The molecule has 29 heavy (non-hydrogen) atoms. The topological polar surface area (TPSA) is 93.3 Å². The van der Waals surface area contributed by atoms with Crippen LogP contribution in [0.2, 0.25) is 0 Å². The van der Waals surface area contributed by atoms with Gasteiger partial charge in [0.2, 0.25) is 0 Å². The molecule has 1 fully saturated rings. The van der Waals surface area contributed by atoms with Crippen LogP contribution < -0.4 is 11.1 Å². The van der Waals surface area contributed by atoms with Crippen LogP contribution in [-0.2, 0) is 5.54 Å². The third-order valence-corrected chi connectivity index (χ3v) is 6.30. The number of carbonyl (C=O) groups is 1. The van der Waals surface area contributed by atoms with Crippen molar-refractivity contribution in [2.75, 3.05) is 11.1 Å². The summed E-state index contributed by atoms with van der Waals surface area (Å²) in [7, 11) is 0. The summed E-state index contributed by atoms with van der Waals surface area (Å²) in [6.45, 7) is 0. The Labute approximate surface area is 169 Å². The minimum atomic E-state index is -2.76. The third kappa shape index (κ3) is 3.68. The number of rotatable bonds is 4. The minimum absolute atomic E-state index is 0.117. The van der Waals surface area contributed by atoms with E-state index in [0.29, 0.717) is 22.8 Å². The summed E-state index contributed by atoms with van der Waals surface area (Å²) in [6.07, 6.45) is 1.62. The monoisotopic (exact) mass is 421 g/mol. The standard InChI is InChI=1S/C19H18F3N5OS/c20-13-4-3-11(26-17(28)15-8-24-14(7-25-15)16(21)22)6-12(13)19-5-1-2-10(19)9-29-18(23)27-19/h3-4,6-8,10,16H,1-2,5,9H2,(H2,23,27)(H,26,28). The van der Waals surface area contributed by atoms with Gasteiger partial charge >= 0.3 is 0 Å². The molecule has 2 aromatic rings. The fourth-order valence-corrected chi connectivity index (χ4v) is 5.00. The van der Waals surface area contributed by atoms with Crippen molar-refractivity contribution in [3.05, 3.63) is 53.4 Å². The molecule has 2 unspecified atom stereocenters. The Morgan fingerprint density at radius 2 is 2.14 bits per heavy atom. The molecule has 0 radical (unpaired) electrons.